The first-order chi connectivity index (χ1) is 9.24. The summed E-state index contributed by atoms with van der Waals surface area (Å²) in [5.74, 6) is -1.17. The van der Waals surface area contributed by atoms with Crippen LogP contribution in [0.1, 0.15) is 26.6 Å². The molecule has 2 aromatic heterocycles. The third kappa shape index (κ3) is 2.41. The van der Waals surface area contributed by atoms with Gasteiger partial charge in [-0.3, -0.25) is 9.82 Å². The van der Waals surface area contributed by atoms with Gasteiger partial charge < -0.3 is 5.11 Å². The van der Waals surface area contributed by atoms with Gasteiger partial charge in [-0.05, 0) is 31.7 Å². The maximum atomic E-state index is 12.4. The average molecular weight is 315 g/mol. The smallest absolute Gasteiger partial charge is 0.348 e. The lowest BCUT2D eigenvalue weighted by atomic mass is 10.3. The molecule has 0 atom stereocenters. The number of thiophene rings is 1. The molecule has 0 aromatic carbocycles. The Balaban J connectivity index is 2.50. The zero-order valence-electron chi connectivity index (χ0n) is 11.0. The van der Waals surface area contributed by atoms with Gasteiger partial charge in [0.1, 0.15) is 9.77 Å². The highest BCUT2D eigenvalue weighted by Gasteiger charge is 2.26. The van der Waals surface area contributed by atoms with Crippen LogP contribution in [0.25, 0.3) is 0 Å². The van der Waals surface area contributed by atoms with Crippen LogP contribution in [0.15, 0.2) is 10.3 Å². The summed E-state index contributed by atoms with van der Waals surface area (Å²) in [6, 6.07) is 0. The molecular weight excluding hydrogens is 302 g/mol. The van der Waals surface area contributed by atoms with E-state index in [0.717, 1.165) is 11.3 Å². The van der Waals surface area contributed by atoms with E-state index < -0.39 is 16.0 Å². The number of rotatable bonds is 4. The highest BCUT2D eigenvalue weighted by molar-refractivity contribution is 7.92. The Hall–Kier alpha value is -1.87. The predicted molar refractivity (Wildman–Crippen MR) is 74.9 cm³/mol. The van der Waals surface area contributed by atoms with Gasteiger partial charge in [0.2, 0.25) is 0 Å². The van der Waals surface area contributed by atoms with Gasteiger partial charge in [0.05, 0.1) is 17.1 Å². The molecule has 2 aromatic rings. The zero-order chi connectivity index (χ0) is 15.1. The number of sulfonamides is 1. The molecule has 0 saturated carbocycles. The lowest BCUT2D eigenvalue weighted by Gasteiger charge is -2.09. The zero-order valence-corrected chi connectivity index (χ0v) is 12.6. The number of anilines is 1. The van der Waals surface area contributed by atoms with Gasteiger partial charge in [-0.25, -0.2) is 13.2 Å². The molecule has 0 radical (unpaired) electrons. The summed E-state index contributed by atoms with van der Waals surface area (Å²) in [7, 11) is -3.88. The number of carboxylic acids is 1. The van der Waals surface area contributed by atoms with Crippen LogP contribution in [0.2, 0.25) is 0 Å². The number of hydrogen-bond acceptors (Lipinski definition) is 5. The van der Waals surface area contributed by atoms with Crippen LogP contribution < -0.4 is 4.72 Å². The molecule has 7 nitrogen and oxygen atoms in total. The highest BCUT2D eigenvalue weighted by Crippen LogP contribution is 2.30. The van der Waals surface area contributed by atoms with E-state index in [-0.39, 0.29) is 15.5 Å². The van der Waals surface area contributed by atoms with E-state index in [1.807, 2.05) is 0 Å². The number of aromatic nitrogens is 2. The van der Waals surface area contributed by atoms with Gasteiger partial charge in [0, 0.05) is 0 Å². The van der Waals surface area contributed by atoms with Crippen molar-refractivity contribution in [2.24, 2.45) is 0 Å². The predicted octanol–water partition coefficient (Wildman–Crippen LogP) is 1.90. The number of aromatic carboxylic acids is 1. The summed E-state index contributed by atoms with van der Waals surface area (Å²) >= 11 is 0.981. The van der Waals surface area contributed by atoms with Crippen molar-refractivity contribution in [3.63, 3.8) is 0 Å². The quantitative estimate of drug-likeness (QED) is 0.797. The third-order valence-corrected chi connectivity index (χ3v) is 5.43. The number of nitrogens with one attached hydrogen (secondary N) is 2. The molecule has 0 aliphatic heterocycles. The van der Waals surface area contributed by atoms with Crippen molar-refractivity contribution >= 4 is 33.0 Å². The monoisotopic (exact) mass is 315 g/mol. The minimum absolute atomic E-state index is 0.0372. The number of aromatic amines is 1. The Morgan fingerprint density at radius 2 is 2.05 bits per heavy atom. The number of H-pyrrole nitrogens is 1. The van der Waals surface area contributed by atoms with Crippen LogP contribution in [0.3, 0.4) is 0 Å². The first-order valence-corrected chi connectivity index (χ1v) is 7.96. The van der Waals surface area contributed by atoms with Crippen molar-refractivity contribution in [3.8, 4) is 0 Å². The number of carbonyl (C=O) groups is 1. The number of carboxylic acid groups (broad SMARTS) is 1. The molecule has 3 N–H and O–H groups in total. The molecular formula is C11H13N3O4S2. The Morgan fingerprint density at radius 1 is 1.40 bits per heavy atom. The number of aryl methyl sites for hydroxylation is 3. The van der Waals surface area contributed by atoms with Crippen molar-refractivity contribution in [1.29, 1.82) is 0 Å². The summed E-state index contributed by atoms with van der Waals surface area (Å²) < 4.78 is 27.1. The normalized spacial score (nSPS) is 11.6. The first kappa shape index (κ1) is 14.5. The Bertz CT molecular complexity index is 754. The molecule has 0 fully saturated rings. The van der Waals surface area contributed by atoms with Crippen molar-refractivity contribution < 1.29 is 18.3 Å². The molecule has 0 amide bonds. The van der Waals surface area contributed by atoms with Gasteiger partial charge in [-0.1, -0.05) is 0 Å². The van der Waals surface area contributed by atoms with E-state index in [4.69, 9.17) is 5.11 Å². The summed E-state index contributed by atoms with van der Waals surface area (Å²) in [5, 5.41) is 17.1. The largest absolute Gasteiger partial charge is 0.477 e. The number of nitrogens with zero attached hydrogens (tertiary/aromatic N) is 1. The molecule has 9 heteroatoms. The molecule has 108 valence electrons. The molecule has 0 unspecified atom stereocenters. The number of hydrogen-bond donors (Lipinski definition) is 3. The first-order valence-electron chi connectivity index (χ1n) is 5.60. The second kappa shape index (κ2) is 4.91. The topological polar surface area (TPSA) is 112 Å². The summed E-state index contributed by atoms with van der Waals surface area (Å²) in [6.07, 6.45) is 0. The van der Waals surface area contributed by atoms with Gasteiger partial charge in [0.15, 0.2) is 0 Å². The maximum Gasteiger partial charge on any atom is 0.348 e. The van der Waals surface area contributed by atoms with Gasteiger partial charge in [0.25, 0.3) is 10.0 Å². The molecule has 0 aliphatic rings. The Labute approximate surface area is 119 Å². The van der Waals surface area contributed by atoms with E-state index in [9.17, 15) is 13.2 Å². The van der Waals surface area contributed by atoms with Crippen molar-refractivity contribution in [2.45, 2.75) is 25.7 Å². The van der Waals surface area contributed by atoms with Crippen molar-refractivity contribution in [1.82, 2.24) is 10.2 Å². The highest BCUT2D eigenvalue weighted by atomic mass is 32.2. The van der Waals surface area contributed by atoms with E-state index in [1.165, 1.54) is 0 Å². The maximum absolute atomic E-state index is 12.4. The fourth-order valence-corrected chi connectivity index (χ4v) is 4.28. The lowest BCUT2D eigenvalue weighted by molar-refractivity contribution is 0.0703. The fourth-order valence-electron chi connectivity index (χ4n) is 1.85. The van der Waals surface area contributed by atoms with Crippen molar-refractivity contribution in [3.05, 3.63) is 27.2 Å². The van der Waals surface area contributed by atoms with Crippen LogP contribution in [-0.4, -0.2) is 29.7 Å². The molecule has 2 rings (SSSR count). The van der Waals surface area contributed by atoms with Crippen LogP contribution in [0.5, 0.6) is 0 Å². The second-order valence-corrected chi connectivity index (χ2v) is 6.80. The van der Waals surface area contributed by atoms with Gasteiger partial charge in [-0.2, -0.15) is 5.10 Å². The van der Waals surface area contributed by atoms with Crippen LogP contribution in [0.4, 0.5) is 5.69 Å². The Morgan fingerprint density at radius 3 is 2.55 bits per heavy atom. The van der Waals surface area contributed by atoms with Gasteiger partial charge in [-0.15, -0.1) is 11.3 Å². The molecule has 0 bridgehead atoms. The summed E-state index contributed by atoms with van der Waals surface area (Å²) in [4.78, 5) is 11.1. The SMILES string of the molecule is Cc1csc(C(=O)O)c1NS(=O)(=O)c1c(C)n[nH]c1C. The average Bonchev–Trinajstić information content (AvgIpc) is 2.84. The minimum Gasteiger partial charge on any atom is -0.477 e. The van der Waals surface area contributed by atoms with E-state index in [2.05, 4.69) is 14.9 Å². The second-order valence-electron chi connectivity index (χ2n) is 4.30. The minimum atomic E-state index is -3.88. The van der Waals surface area contributed by atoms with Gasteiger partial charge >= 0.3 is 5.97 Å². The van der Waals surface area contributed by atoms with Crippen LogP contribution >= 0.6 is 11.3 Å². The summed E-state index contributed by atoms with van der Waals surface area (Å²) in [6.45, 7) is 4.81. The fraction of sp³-hybridized carbons (Fsp3) is 0.273. The Kier molecular flexibility index (Phi) is 3.57. The van der Waals surface area contributed by atoms with E-state index >= 15 is 0 Å². The third-order valence-electron chi connectivity index (χ3n) is 2.73. The molecule has 0 spiro atoms. The van der Waals surface area contributed by atoms with E-state index in [1.54, 1.807) is 26.2 Å². The molecule has 0 aliphatic carbocycles. The molecule has 0 saturated heterocycles. The van der Waals surface area contributed by atoms with Crippen molar-refractivity contribution in [2.75, 3.05) is 4.72 Å². The van der Waals surface area contributed by atoms with Crippen LogP contribution in [0, 0.1) is 20.8 Å². The lowest BCUT2D eigenvalue weighted by Crippen LogP contribution is -2.16. The molecule has 20 heavy (non-hydrogen) atoms. The standard InChI is InChI=1S/C11H13N3O4S2/c1-5-4-19-9(11(15)16)8(5)14-20(17,18)10-6(2)12-13-7(10)3/h4,14H,1-3H3,(H,12,13)(H,15,16). The van der Waals surface area contributed by atoms with Crippen LogP contribution in [-0.2, 0) is 10.0 Å². The summed E-state index contributed by atoms with van der Waals surface area (Å²) in [5.41, 5.74) is 1.40. The van der Waals surface area contributed by atoms with E-state index in [0.29, 0.717) is 17.0 Å². The molecule has 2 heterocycles.